The average Bonchev–Trinajstić information content (AvgIpc) is 3.16. The molecule has 0 aliphatic rings. The molecule has 0 unspecified atom stereocenters. The van der Waals surface area contributed by atoms with Crippen LogP contribution in [-0.4, -0.2) is 42.0 Å². The molecule has 0 radical (unpaired) electrons. The largest absolute Gasteiger partial charge is 0.496 e. The van der Waals surface area contributed by atoms with Crippen LogP contribution in [0.5, 0.6) is 17.2 Å². The number of amides is 1. The molecule has 1 amide bonds. The lowest BCUT2D eigenvalue weighted by atomic mass is 10.1. The van der Waals surface area contributed by atoms with Gasteiger partial charge < -0.3 is 19.5 Å². The van der Waals surface area contributed by atoms with Crippen LogP contribution < -0.4 is 19.5 Å². The molecule has 0 spiro atoms. The van der Waals surface area contributed by atoms with E-state index in [9.17, 15) is 4.79 Å². The van der Waals surface area contributed by atoms with Gasteiger partial charge in [0, 0.05) is 36.7 Å². The van der Waals surface area contributed by atoms with E-state index < -0.39 is 0 Å². The van der Waals surface area contributed by atoms with Crippen LogP contribution in [0.2, 0.25) is 0 Å². The predicted molar refractivity (Wildman–Crippen MR) is 120 cm³/mol. The number of nitrogens with zero attached hydrogens (tertiary/aromatic N) is 2. The van der Waals surface area contributed by atoms with Crippen molar-refractivity contribution < 1.29 is 19.0 Å². The van der Waals surface area contributed by atoms with Crippen molar-refractivity contribution in [2.75, 3.05) is 21.3 Å². The highest BCUT2D eigenvalue weighted by Crippen LogP contribution is 2.34. The number of rotatable bonds is 9. The molecule has 9 heteroatoms. The second-order valence-corrected chi connectivity index (χ2v) is 7.30. The smallest absolute Gasteiger partial charge is 0.222 e. The van der Waals surface area contributed by atoms with Gasteiger partial charge in [0.25, 0.3) is 0 Å². The lowest BCUT2D eigenvalue weighted by Crippen LogP contribution is -2.24. The van der Waals surface area contributed by atoms with E-state index >= 15 is 0 Å². The van der Waals surface area contributed by atoms with Crippen LogP contribution in [0.15, 0.2) is 36.4 Å². The molecule has 31 heavy (non-hydrogen) atoms. The molecular weight excluding hydrogens is 416 g/mol. The van der Waals surface area contributed by atoms with Gasteiger partial charge >= 0.3 is 0 Å². The van der Waals surface area contributed by atoms with Crippen molar-refractivity contribution >= 4 is 18.1 Å². The fourth-order valence-corrected chi connectivity index (χ4v) is 3.40. The Morgan fingerprint density at radius 2 is 1.71 bits per heavy atom. The zero-order valence-electron chi connectivity index (χ0n) is 18.0. The Morgan fingerprint density at radius 3 is 2.35 bits per heavy atom. The summed E-state index contributed by atoms with van der Waals surface area (Å²) in [6, 6.07) is 11.5. The second kappa shape index (κ2) is 10.1. The van der Waals surface area contributed by atoms with Crippen LogP contribution in [-0.2, 0) is 17.9 Å². The molecule has 8 nitrogen and oxygen atoms in total. The third-order valence-corrected chi connectivity index (χ3v) is 5.20. The van der Waals surface area contributed by atoms with Crippen LogP contribution in [0, 0.1) is 11.7 Å². The quantitative estimate of drug-likeness (QED) is 0.492. The van der Waals surface area contributed by atoms with Crippen molar-refractivity contribution in [3.63, 3.8) is 0 Å². The maximum atomic E-state index is 12.5. The van der Waals surface area contributed by atoms with E-state index in [0.29, 0.717) is 40.9 Å². The molecule has 3 rings (SSSR count). The molecule has 1 heterocycles. The van der Waals surface area contributed by atoms with E-state index in [1.165, 1.54) is 0 Å². The SMILES string of the molecule is COc1cc(OC)c(OC)cc1CNC(=O)CCn1c(-c2ccc(C)cc2)n[nH]c1=S. The molecule has 0 bridgehead atoms. The summed E-state index contributed by atoms with van der Waals surface area (Å²) in [5, 5.41) is 10.0. The number of nitrogens with one attached hydrogen (secondary N) is 2. The van der Waals surface area contributed by atoms with Crippen molar-refractivity contribution in [3.8, 4) is 28.6 Å². The van der Waals surface area contributed by atoms with E-state index in [-0.39, 0.29) is 12.3 Å². The van der Waals surface area contributed by atoms with Gasteiger partial charge in [0.1, 0.15) is 5.75 Å². The lowest BCUT2D eigenvalue weighted by molar-refractivity contribution is -0.121. The van der Waals surface area contributed by atoms with Gasteiger partial charge in [-0.05, 0) is 25.2 Å². The van der Waals surface area contributed by atoms with Gasteiger partial charge in [-0.3, -0.25) is 14.5 Å². The number of aromatic nitrogens is 3. The van der Waals surface area contributed by atoms with E-state index in [1.807, 2.05) is 35.8 Å². The minimum absolute atomic E-state index is 0.116. The molecule has 2 aromatic carbocycles. The summed E-state index contributed by atoms with van der Waals surface area (Å²) >= 11 is 5.35. The highest BCUT2D eigenvalue weighted by atomic mass is 32.1. The minimum Gasteiger partial charge on any atom is -0.496 e. The number of methoxy groups -OCH3 is 3. The molecule has 0 aliphatic heterocycles. The van der Waals surface area contributed by atoms with Crippen LogP contribution in [0.3, 0.4) is 0 Å². The predicted octanol–water partition coefficient (Wildman–Crippen LogP) is 3.65. The third-order valence-electron chi connectivity index (χ3n) is 4.89. The average molecular weight is 443 g/mol. The Morgan fingerprint density at radius 1 is 1.06 bits per heavy atom. The number of aryl methyl sites for hydroxylation is 1. The summed E-state index contributed by atoms with van der Waals surface area (Å²) in [4.78, 5) is 12.5. The number of aromatic amines is 1. The Bertz CT molecular complexity index is 1110. The fourth-order valence-electron chi connectivity index (χ4n) is 3.17. The monoisotopic (exact) mass is 442 g/mol. The summed E-state index contributed by atoms with van der Waals surface area (Å²) in [7, 11) is 4.69. The van der Waals surface area contributed by atoms with Gasteiger partial charge in [0.05, 0.1) is 21.3 Å². The Hall–Kier alpha value is -3.33. The second-order valence-electron chi connectivity index (χ2n) is 6.92. The molecule has 0 atom stereocenters. The number of benzene rings is 2. The van der Waals surface area contributed by atoms with Gasteiger partial charge in [-0.1, -0.05) is 29.8 Å². The van der Waals surface area contributed by atoms with Gasteiger partial charge in [-0.25, -0.2) is 0 Å². The topological polar surface area (TPSA) is 90.4 Å². The third kappa shape index (κ3) is 5.24. The van der Waals surface area contributed by atoms with Crippen molar-refractivity contribution in [3.05, 3.63) is 52.3 Å². The Labute approximate surface area is 186 Å². The molecule has 164 valence electrons. The summed E-state index contributed by atoms with van der Waals surface area (Å²) in [6.07, 6.45) is 0.252. The number of hydrogen-bond donors (Lipinski definition) is 2. The molecule has 0 saturated carbocycles. The maximum absolute atomic E-state index is 12.5. The standard InChI is InChI=1S/C22H26N4O4S/c1-14-5-7-15(8-6-14)21-24-25-22(31)26(21)10-9-20(27)23-13-16-11-18(29-3)19(30-4)12-17(16)28-2/h5-8,11-12H,9-10,13H2,1-4H3,(H,23,27)(H,25,31). The maximum Gasteiger partial charge on any atom is 0.222 e. The highest BCUT2D eigenvalue weighted by Gasteiger charge is 2.14. The molecule has 0 aliphatic carbocycles. The molecule has 1 aromatic heterocycles. The normalized spacial score (nSPS) is 10.6. The van der Waals surface area contributed by atoms with E-state index in [0.717, 1.165) is 16.7 Å². The summed E-state index contributed by atoms with van der Waals surface area (Å²) in [5.41, 5.74) is 2.89. The van der Waals surface area contributed by atoms with Crippen LogP contribution in [0.25, 0.3) is 11.4 Å². The zero-order chi connectivity index (χ0) is 22.4. The number of hydrogen-bond acceptors (Lipinski definition) is 6. The number of carbonyl (C=O) groups is 1. The van der Waals surface area contributed by atoms with Crippen molar-refractivity contribution in [1.82, 2.24) is 20.1 Å². The fraction of sp³-hybridized carbons (Fsp3) is 0.318. The number of H-pyrrole nitrogens is 1. The molecule has 2 N–H and O–H groups in total. The van der Waals surface area contributed by atoms with Crippen molar-refractivity contribution in [2.45, 2.75) is 26.4 Å². The van der Waals surface area contributed by atoms with E-state index in [1.54, 1.807) is 33.5 Å². The first-order valence-corrected chi connectivity index (χ1v) is 10.2. The Kier molecular flexibility index (Phi) is 7.30. The molecule has 0 saturated heterocycles. The van der Waals surface area contributed by atoms with Crippen LogP contribution in [0.4, 0.5) is 0 Å². The van der Waals surface area contributed by atoms with E-state index in [4.69, 9.17) is 26.4 Å². The summed E-state index contributed by atoms with van der Waals surface area (Å²) in [6.45, 7) is 2.73. The minimum atomic E-state index is -0.116. The summed E-state index contributed by atoms with van der Waals surface area (Å²) < 4.78 is 18.3. The van der Waals surface area contributed by atoms with Gasteiger partial charge in [0.15, 0.2) is 22.1 Å². The molecule has 3 aromatic rings. The van der Waals surface area contributed by atoms with Gasteiger partial charge in [-0.15, -0.1) is 0 Å². The molecule has 0 fully saturated rings. The first-order chi connectivity index (χ1) is 15.0. The molecular formula is C22H26N4O4S. The summed E-state index contributed by atoms with van der Waals surface area (Å²) in [5.74, 6) is 2.33. The number of carbonyl (C=O) groups excluding carboxylic acids is 1. The van der Waals surface area contributed by atoms with Gasteiger partial charge in [0.2, 0.25) is 5.91 Å². The van der Waals surface area contributed by atoms with Crippen molar-refractivity contribution in [1.29, 1.82) is 0 Å². The van der Waals surface area contributed by atoms with E-state index in [2.05, 4.69) is 15.5 Å². The van der Waals surface area contributed by atoms with Crippen LogP contribution >= 0.6 is 12.2 Å². The first-order valence-electron chi connectivity index (χ1n) is 9.74. The Balaban J connectivity index is 1.66. The van der Waals surface area contributed by atoms with Crippen molar-refractivity contribution in [2.24, 2.45) is 0 Å². The highest BCUT2D eigenvalue weighted by molar-refractivity contribution is 7.71. The van der Waals surface area contributed by atoms with Gasteiger partial charge in [-0.2, -0.15) is 5.10 Å². The lowest BCUT2D eigenvalue weighted by Gasteiger charge is -2.14. The number of ether oxygens (including phenoxy) is 3. The zero-order valence-corrected chi connectivity index (χ0v) is 18.8. The first kappa shape index (κ1) is 22.4. The van der Waals surface area contributed by atoms with Crippen LogP contribution in [0.1, 0.15) is 17.5 Å².